The fourth-order valence-electron chi connectivity index (χ4n) is 5.85. The summed E-state index contributed by atoms with van der Waals surface area (Å²) in [6.07, 6.45) is 7.09. The molecule has 4 atom stereocenters. The number of likely N-dealkylation sites (tertiary alicyclic amines) is 2. The number of carbonyl (C=O) groups is 2. The van der Waals surface area contributed by atoms with Crippen LogP contribution in [0.25, 0.3) is 0 Å². The number of rotatable bonds is 2. The molecule has 1 aliphatic carbocycles. The molecule has 0 spiro atoms. The molecule has 3 fully saturated rings. The Morgan fingerprint density at radius 3 is 2.58 bits per heavy atom. The Labute approximate surface area is 155 Å². The van der Waals surface area contributed by atoms with Crippen LogP contribution in [0.15, 0.2) is 12.3 Å². The lowest BCUT2D eigenvalue weighted by atomic mass is 9.71. The molecule has 0 aromatic carbocycles. The number of nitrogens with zero attached hydrogens (tertiary/aromatic N) is 4. The third-order valence-electron chi connectivity index (χ3n) is 6.93. The standard InChI is InChI=1S/C20H30N4O2/c1-13(2)24-16(9-10-21-24)19(26)23-15-11-20(4)17(22(12-15)14(3)25)7-5-6-8-18(20)23/h9-10,13,15,17-18H,5-8,11-12H2,1-4H3/t15-,17+,18-,20+/m0/s1. The lowest BCUT2D eigenvalue weighted by Gasteiger charge is -2.46. The van der Waals surface area contributed by atoms with Crippen molar-refractivity contribution in [2.75, 3.05) is 6.54 Å². The van der Waals surface area contributed by atoms with Crippen molar-refractivity contribution in [3.05, 3.63) is 18.0 Å². The maximum absolute atomic E-state index is 13.6. The van der Waals surface area contributed by atoms with Gasteiger partial charge in [0, 0.05) is 43.2 Å². The van der Waals surface area contributed by atoms with Gasteiger partial charge >= 0.3 is 0 Å². The molecule has 0 N–H and O–H groups in total. The van der Waals surface area contributed by atoms with Crippen molar-refractivity contribution in [3.8, 4) is 0 Å². The lowest BCUT2D eigenvalue weighted by molar-refractivity contribution is -0.136. The third-order valence-corrected chi connectivity index (χ3v) is 6.93. The monoisotopic (exact) mass is 358 g/mol. The quantitative estimate of drug-likeness (QED) is 0.817. The van der Waals surface area contributed by atoms with E-state index in [9.17, 15) is 9.59 Å². The molecule has 26 heavy (non-hydrogen) atoms. The summed E-state index contributed by atoms with van der Waals surface area (Å²) < 4.78 is 1.82. The van der Waals surface area contributed by atoms with Crippen LogP contribution in [0.1, 0.15) is 76.3 Å². The Morgan fingerprint density at radius 1 is 1.23 bits per heavy atom. The smallest absolute Gasteiger partial charge is 0.272 e. The maximum atomic E-state index is 13.6. The van der Waals surface area contributed by atoms with Gasteiger partial charge in [-0.05, 0) is 39.2 Å². The normalized spacial score (nSPS) is 33.5. The Balaban J connectivity index is 1.75. The van der Waals surface area contributed by atoms with E-state index in [1.165, 1.54) is 0 Å². The molecule has 142 valence electrons. The van der Waals surface area contributed by atoms with Crippen molar-refractivity contribution in [1.29, 1.82) is 0 Å². The molecule has 0 unspecified atom stereocenters. The minimum absolute atomic E-state index is 0.00340. The van der Waals surface area contributed by atoms with Crippen LogP contribution in [0, 0.1) is 5.41 Å². The number of piperidine rings is 1. The summed E-state index contributed by atoms with van der Waals surface area (Å²) in [5.74, 6) is 0.231. The van der Waals surface area contributed by atoms with Crippen LogP contribution in [0.3, 0.4) is 0 Å². The summed E-state index contributed by atoms with van der Waals surface area (Å²) in [6, 6.07) is 2.58. The van der Waals surface area contributed by atoms with Gasteiger partial charge in [-0.1, -0.05) is 19.8 Å². The van der Waals surface area contributed by atoms with Gasteiger partial charge in [0.25, 0.3) is 5.91 Å². The van der Waals surface area contributed by atoms with Gasteiger partial charge in [-0.3, -0.25) is 14.3 Å². The van der Waals surface area contributed by atoms with E-state index < -0.39 is 0 Å². The van der Waals surface area contributed by atoms with Crippen molar-refractivity contribution < 1.29 is 9.59 Å². The molecule has 2 saturated heterocycles. The summed E-state index contributed by atoms with van der Waals surface area (Å²) in [6.45, 7) is 8.75. The Morgan fingerprint density at radius 2 is 1.92 bits per heavy atom. The third kappa shape index (κ3) is 2.41. The first-order valence-electron chi connectivity index (χ1n) is 9.98. The van der Waals surface area contributed by atoms with Gasteiger partial charge in [0.05, 0.1) is 6.04 Å². The highest BCUT2D eigenvalue weighted by Gasteiger charge is 2.60. The Hall–Kier alpha value is -1.85. The number of hydrogen-bond acceptors (Lipinski definition) is 3. The van der Waals surface area contributed by atoms with Crippen molar-refractivity contribution in [2.24, 2.45) is 5.41 Å². The zero-order valence-electron chi connectivity index (χ0n) is 16.3. The molecule has 2 aliphatic heterocycles. The molecule has 1 saturated carbocycles. The molecule has 1 aromatic heterocycles. The summed E-state index contributed by atoms with van der Waals surface area (Å²) in [4.78, 5) is 30.1. The highest BCUT2D eigenvalue weighted by Crippen LogP contribution is 2.53. The highest BCUT2D eigenvalue weighted by atomic mass is 16.2. The SMILES string of the molecule is CC(=O)N1C[C@@H]2C[C@@]3(C)[C@H](CCCC[C@@H]13)N2C(=O)c1ccnn1C(C)C. The molecule has 6 heteroatoms. The van der Waals surface area contributed by atoms with Gasteiger partial charge in [-0.2, -0.15) is 5.10 Å². The van der Waals surface area contributed by atoms with Crippen LogP contribution in [0.5, 0.6) is 0 Å². The molecule has 3 aliphatic rings. The van der Waals surface area contributed by atoms with Crippen LogP contribution in [0.4, 0.5) is 0 Å². The van der Waals surface area contributed by atoms with E-state index >= 15 is 0 Å². The maximum Gasteiger partial charge on any atom is 0.272 e. The number of carbonyl (C=O) groups excluding carboxylic acids is 2. The first kappa shape index (κ1) is 17.6. The fourth-order valence-corrected chi connectivity index (χ4v) is 5.85. The molecule has 3 heterocycles. The van der Waals surface area contributed by atoms with Crippen molar-refractivity contribution in [1.82, 2.24) is 19.6 Å². The molecule has 0 radical (unpaired) electrons. The molecule has 2 amide bonds. The molecule has 1 aromatic rings. The van der Waals surface area contributed by atoms with E-state index in [1.807, 2.05) is 24.6 Å². The molecule has 2 bridgehead atoms. The number of amides is 2. The zero-order valence-corrected chi connectivity index (χ0v) is 16.3. The van der Waals surface area contributed by atoms with Crippen LogP contribution < -0.4 is 0 Å². The largest absolute Gasteiger partial charge is 0.337 e. The van der Waals surface area contributed by atoms with Crippen molar-refractivity contribution in [3.63, 3.8) is 0 Å². The molecular formula is C20H30N4O2. The average molecular weight is 358 g/mol. The van der Waals surface area contributed by atoms with Crippen molar-refractivity contribution >= 4 is 11.8 Å². The predicted octanol–water partition coefficient (Wildman–Crippen LogP) is 2.86. The zero-order chi connectivity index (χ0) is 18.6. The van der Waals surface area contributed by atoms with Gasteiger partial charge in [0.1, 0.15) is 5.69 Å². The van der Waals surface area contributed by atoms with Gasteiger partial charge in [0.15, 0.2) is 0 Å². The predicted molar refractivity (Wildman–Crippen MR) is 98.7 cm³/mol. The Kier molecular flexibility index (Phi) is 4.12. The second-order valence-electron chi connectivity index (χ2n) is 8.82. The number of hydrogen-bond donors (Lipinski definition) is 0. The van der Waals surface area contributed by atoms with E-state index in [-0.39, 0.29) is 41.4 Å². The second-order valence-corrected chi connectivity index (χ2v) is 8.82. The second kappa shape index (κ2) is 6.10. The van der Waals surface area contributed by atoms with E-state index in [4.69, 9.17) is 0 Å². The average Bonchev–Trinajstić information content (AvgIpc) is 3.11. The summed E-state index contributed by atoms with van der Waals surface area (Å²) in [5.41, 5.74) is 0.676. The number of fused-ring (bicyclic) bond motifs is 1. The number of aromatic nitrogens is 2. The Bertz CT molecular complexity index is 727. The van der Waals surface area contributed by atoms with Crippen LogP contribution >= 0.6 is 0 Å². The lowest BCUT2D eigenvalue weighted by Crippen LogP contribution is -2.55. The molecule has 6 nitrogen and oxygen atoms in total. The summed E-state index contributed by atoms with van der Waals surface area (Å²) >= 11 is 0. The molecule has 4 rings (SSSR count). The van der Waals surface area contributed by atoms with Gasteiger partial charge < -0.3 is 9.80 Å². The van der Waals surface area contributed by atoms with E-state index in [2.05, 4.69) is 21.8 Å². The van der Waals surface area contributed by atoms with E-state index in [1.54, 1.807) is 13.1 Å². The van der Waals surface area contributed by atoms with Gasteiger partial charge in [-0.15, -0.1) is 0 Å². The first-order chi connectivity index (χ1) is 12.3. The first-order valence-corrected chi connectivity index (χ1v) is 9.98. The van der Waals surface area contributed by atoms with E-state index in [0.29, 0.717) is 12.2 Å². The summed E-state index contributed by atoms with van der Waals surface area (Å²) in [5, 5.41) is 4.36. The highest BCUT2D eigenvalue weighted by molar-refractivity contribution is 5.93. The fraction of sp³-hybridized carbons (Fsp3) is 0.750. The molecular weight excluding hydrogens is 328 g/mol. The van der Waals surface area contributed by atoms with Crippen LogP contribution in [-0.4, -0.2) is 56.1 Å². The topological polar surface area (TPSA) is 58.4 Å². The van der Waals surface area contributed by atoms with E-state index in [0.717, 1.165) is 32.1 Å². The minimum atomic E-state index is 0.00340. The van der Waals surface area contributed by atoms with Crippen LogP contribution in [-0.2, 0) is 4.79 Å². The van der Waals surface area contributed by atoms with Gasteiger partial charge in [0.2, 0.25) is 5.91 Å². The van der Waals surface area contributed by atoms with Crippen molar-refractivity contribution in [2.45, 2.75) is 84.0 Å². The van der Waals surface area contributed by atoms with Crippen LogP contribution in [0.2, 0.25) is 0 Å². The summed E-state index contributed by atoms with van der Waals surface area (Å²) in [7, 11) is 0. The van der Waals surface area contributed by atoms with Gasteiger partial charge in [-0.25, -0.2) is 0 Å². The minimum Gasteiger partial charge on any atom is -0.337 e.